The molecule has 1 aromatic heterocycles. The predicted molar refractivity (Wildman–Crippen MR) is 401 cm³/mol. The largest absolute Gasteiger partial charge is 0.208 e. The van der Waals surface area contributed by atoms with Gasteiger partial charge in [-0.15, -0.1) is 0 Å². The van der Waals surface area contributed by atoms with Crippen LogP contribution in [0.2, 0.25) is 0 Å². The first-order chi connectivity index (χ1) is 48.0. The van der Waals surface area contributed by atoms with Crippen molar-refractivity contribution in [3.63, 3.8) is 0 Å². The molecule has 452 valence electrons. The topological polar surface area (TPSA) is 38.7 Å². The number of rotatable bonds is 12. The zero-order valence-corrected chi connectivity index (χ0v) is 53.1. The number of nitrogens with zero attached hydrogens (tertiary/aromatic N) is 3. The molecule has 97 heavy (non-hydrogen) atoms. The Morgan fingerprint density at radius 1 is 0.134 bits per heavy atom. The van der Waals surface area contributed by atoms with Crippen molar-refractivity contribution < 1.29 is 0 Å². The molecule has 18 rings (SSSR count). The molecule has 1 heterocycles. The van der Waals surface area contributed by atoms with E-state index in [9.17, 15) is 0 Å². The van der Waals surface area contributed by atoms with Gasteiger partial charge in [-0.05, 0) is 187 Å². The summed E-state index contributed by atoms with van der Waals surface area (Å²) in [6, 6.07) is 134. The van der Waals surface area contributed by atoms with Crippen molar-refractivity contribution in [3.8, 4) is 157 Å². The minimum absolute atomic E-state index is 0.399. The smallest absolute Gasteiger partial charge is 0.164 e. The minimum Gasteiger partial charge on any atom is -0.208 e. The Kier molecular flexibility index (Phi) is 14.1. The van der Waals surface area contributed by atoms with Crippen LogP contribution < -0.4 is 0 Å². The van der Waals surface area contributed by atoms with Crippen molar-refractivity contribution >= 4 is 0 Å². The summed E-state index contributed by atoms with van der Waals surface area (Å²) < 4.78 is 0. The number of benzene rings is 15. The van der Waals surface area contributed by atoms with Crippen LogP contribution in [-0.2, 0) is 5.41 Å². The van der Waals surface area contributed by atoms with Crippen LogP contribution in [-0.4, -0.2) is 15.0 Å². The molecular formula is C94H61N3. The maximum absolute atomic E-state index is 5.26. The van der Waals surface area contributed by atoms with Gasteiger partial charge >= 0.3 is 0 Å². The molecule has 0 fully saturated rings. The second kappa shape index (κ2) is 24.0. The molecule has 0 bridgehead atoms. The van der Waals surface area contributed by atoms with Crippen molar-refractivity contribution in [3.05, 3.63) is 392 Å². The first-order valence-corrected chi connectivity index (χ1v) is 33.3. The summed E-state index contributed by atoms with van der Waals surface area (Å²) in [7, 11) is 0. The van der Waals surface area contributed by atoms with E-state index in [1.54, 1.807) is 0 Å². The van der Waals surface area contributed by atoms with Crippen LogP contribution in [0.15, 0.2) is 370 Å². The average Bonchev–Trinajstić information content (AvgIpc) is 1.51. The molecule has 0 aliphatic heterocycles. The van der Waals surface area contributed by atoms with Gasteiger partial charge in [-0.25, -0.2) is 15.0 Å². The van der Waals surface area contributed by atoms with Crippen LogP contribution in [0.3, 0.4) is 0 Å². The molecule has 0 atom stereocenters. The van der Waals surface area contributed by atoms with Crippen LogP contribution in [0.25, 0.3) is 157 Å². The lowest BCUT2D eigenvalue weighted by atomic mass is 9.70. The highest BCUT2D eigenvalue weighted by Gasteiger charge is 2.51. The molecule has 3 nitrogen and oxygen atoms in total. The molecule has 0 unspecified atom stereocenters. The molecule has 0 saturated heterocycles. The van der Waals surface area contributed by atoms with E-state index >= 15 is 0 Å². The van der Waals surface area contributed by atoms with Gasteiger partial charge in [0.25, 0.3) is 0 Å². The second-order valence-electron chi connectivity index (χ2n) is 25.4. The molecule has 0 radical (unpaired) electrons. The van der Waals surface area contributed by atoms with Crippen LogP contribution in [0.1, 0.15) is 22.3 Å². The van der Waals surface area contributed by atoms with Crippen LogP contribution >= 0.6 is 0 Å². The third-order valence-electron chi connectivity index (χ3n) is 19.8. The van der Waals surface area contributed by atoms with Gasteiger partial charge in [0, 0.05) is 16.7 Å². The highest BCUT2D eigenvalue weighted by Crippen LogP contribution is 2.63. The third-order valence-corrected chi connectivity index (χ3v) is 19.8. The van der Waals surface area contributed by atoms with Gasteiger partial charge in [-0.2, -0.15) is 0 Å². The maximum Gasteiger partial charge on any atom is 0.164 e. The fourth-order valence-electron chi connectivity index (χ4n) is 15.0. The zero-order chi connectivity index (χ0) is 64.2. The van der Waals surface area contributed by atoms with Gasteiger partial charge in [0.1, 0.15) is 0 Å². The average molecular weight is 1230 g/mol. The Hall–Kier alpha value is -12.7. The standard InChI is InChI=1S/C94H61N3/c1-3-19-62(20-4-1)70-23-13-28-75(55-70)77-30-15-25-72(57-77)64-41-47-67(48-42-64)91-95-92(68-49-43-65(44-50-68)73-26-16-31-78(58-73)76-29-14-24-71(56-76)63-21-5-2-6-22-63)97-93(96-91)69-51-45-66(46-52-69)74-27-17-32-79(59-74)80-33-18-34-81(60-80)82-53-54-86-85-37-9-12-40-89(85)94(90(86)61-82)87-38-10-7-35-83(87)84-36-8-11-39-88(84)94/h1-61H. The summed E-state index contributed by atoms with van der Waals surface area (Å²) >= 11 is 0. The summed E-state index contributed by atoms with van der Waals surface area (Å²) in [5.41, 5.74) is 33.8. The molecule has 0 N–H and O–H groups in total. The van der Waals surface area contributed by atoms with E-state index in [0.29, 0.717) is 17.5 Å². The van der Waals surface area contributed by atoms with E-state index in [1.165, 1.54) is 89.0 Å². The van der Waals surface area contributed by atoms with E-state index in [0.717, 1.165) is 72.3 Å². The van der Waals surface area contributed by atoms with E-state index < -0.39 is 5.41 Å². The molecular weight excluding hydrogens is 1170 g/mol. The summed E-state index contributed by atoms with van der Waals surface area (Å²) in [5.74, 6) is 1.80. The summed E-state index contributed by atoms with van der Waals surface area (Å²) in [6.45, 7) is 0. The van der Waals surface area contributed by atoms with Crippen LogP contribution in [0, 0.1) is 0 Å². The Bertz CT molecular complexity index is 5420. The van der Waals surface area contributed by atoms with Crippen molar-refractivity contribution in [2.75, 3.05) is 0 Å². The first-order valence-electron chi connectivity index (χ1n) is 33.3. The fraction of sp³-hybridized carbons (Fsp3) is 0.0106. The number of hydrogen-bond donors (Lipinski definition) is 0. The minimum atomic E-state index is -0.399. The first kappa shape index (κ1) is 57.0. The molecule has 2 aliphatic carbocycles. The van der Waals surface area contributed by atoms with Gasteiger partial charge in [0.15, 0.2) is 17.5 Å². The highest BCUT2D eigenvalue weighted by atomic mass is 15.0. The summed E-state index contributed by atoms with van der Waals surface area (Å²) in [5, 5.41) is 0. The summed E-state index contributed by atoms with van der Waals surface area (Å²) in [4.78, 5) is 15.8. The van der Waals surface area contributed by atoms with Gasteiger partial charge in [0.05, 0.1) is 5.41 Å². The fourth-order valence-corrected chi connectivity index (χ4v) is 15.0. The molecule has 16 aromatic rings. The van der Waals surface area contributed by atoms with Gasteiger partial charge in [0.2, 0.25) is 0 Å². The predicted octanol–water partition coefficient (Wildman–Crippen LogP) is 24.2. The molecule has 0 amide bonds. The lowest BCUT2D eigenvalue weighted by Gasteiger charge is -2.30. The highest BCUT2D eigenvalue weighted by molar-refractivity contribution is 5.96. The second-order valence-corrected chi connectivity index (χ2v) is 25.4. The Morgan fingerprint density at radius 2 is 0.330 bits per heavy atom. The molecule has 3 heteroatoms. The monoisotopic (exact) mass is 1230 g/mol. The molecule has 1 spiro atoms. The lowest BCUT2D eigenvalue weighted by molar-refractivity contribution is 0.794. The van der Waals surface area contributed by atoms with Crippen LogP contribution in [0.5, 0.6) is 0 Å². The van der Waals surface area contributed by atoms with Gasteiger partial charge in [-0.3, -0.25) is 0 Å². The van der Waals surface area contributed by atoms with Gasteiger partial charge in [-0.1, -0.05) is 328 Å². The summed E-state index contributed by atoms with van der Waals surface area (Å²) in [6.07, 6.45) is 0. The third kappa shape index (κ3) is 10.3. The molecule has 15 aromatic carbocycles. The molecule has 0 saturated carbocycles. The number of fused-ring (bicyclic) bond motifs is 10. The van der Waals surface area contributed by atoms with E-state index in [1.807, 2.05) is 0 Å². The van der Waals surface area contributed by atoms with E-state index in [4.69, 9.17) is 15.0 Å². The molecule has 2 aliphatic rings. The number of hydrogen-bond acceptors (Lipinski definition) is 3. The van der Waals surface area contributed by atoms with Crippen molar-refractivity contribution in [1.82, 2.24) is 15.0 Å². The quantitative estimate of drug-likeness (QED) is 0.122. The maximum atomic E-state index is 5.26. The Morgan fingerprint density at radius 3 is 0.619 bits per heavy atom. The van der Waals surface area contributed by atoms with E-state index in [-0.39, 0.29) is 0 Å². The van der Waals surface area contributed by atoms with Crippen LogP contribution in [0.4, 0.5) is 0 Å². The Labute approximate surface area is 565 Å². The SMILES string of the molecule is c1ccc(-c2cccc(-c3cccc(-c4ccc(-c5nc(-c6ccc(-c7cccc(-c8cccc(-c9ccccc9)c8)c7)cc6)nc(-c6ccc(-c7cccc(-c8cccc(-c9ccc%10c(c9)C9(c%11ccccc%11-c%11ccccc%119)c9ccccc9-%10)c8)c7)cc6)n5)cc4)c3)c2)cc1. The Balaban J connectivity index is 0.659. The normalized spacial score (nSPS) is 12.2. The lowest BCUT2D eigenvalue weighted by Crippen LogP contribution is -2.25. The van der Waals surface area contributed by atoms with Crippen molar-refractivity contribution in [2.45, 2.75) is 5.41 Å². The number of aromatic nitrogens is 3. The van der Waals surface area contributed by atoms with Gasteiger partial charge < -0.3 is 0 Å². The zero-order valence-electron chi connectivity index (χ0n) is 53.1. The van der Waals surface area contributed by atoms with Crippen molar-refractivity contribution in [1.29, 1.82) is 0 Å². The van der Waals surface area contributed by atoms with E-state index in [2.05, 4.69) is 370 Å². The van der Waals surface area contributed by atoms with Crippen molar-refractivity contribution in [2.24, 2.45) is 0 Å².